The van der Waals surface area contributed by atoms with E-state index in [4.69, 9.17) is 4.52 Å². The Morgan fingerprint density at radius 3 is 2.81 bits per heavy atom. The van der Waals surface area contributed by atoms with E-state index in [1.807, 2.05) is 30.3 Å². The standard InChI is InChI=1S/C18H20N4O3S/c23-26(24,13-16-15-5-1-2-6-17(15)25-21-16)20-12-14-7-8-19-18(11-14)22-9-3-4-10-22/h1-2,5-8,11,20H,3-4,9-10,12-13H2. The van der Waals surface area contributed by atoms with Gasteiger partial charge in [-0.2, -0.15) is 0 Å². The maximum Gasteiger partial charge on any atom is 0.217 e. The van der Waals surface area contributed by atoms with Crippen LogP contribution in [0, 0.1) is 0 Å². The van der Waals surface area contributed by atoms with E-state index in [0.717, 1.165) is 29.9 Å². The minimum Gasteiger partial charge on any atom is -0.357 e. The summed E-state index contributed by atoms with van der Waals surface area (Å²) in [4.78, 5) is 6.61. The van der Waals surface area contributed by atoms with Gasteiger partial charge in [-0.15, -0.1) is 0 Å². The summed E-state index contributed by atoms with van der Waals surface area (Å²) in [6, 6.07) is 11.0. The van der Waals surface area contributed by atoms with E-state index in [1.54, 1.807) is 12.3 Å². The Bertz CT molecular complexity index is 1010. The van der Waals surface area contributed by atoms with Gasteiger partial charge in [-0.1, -0.05) is 17.3 Å². The maximum atomic E-state index is 12.4. The Morgan fingerprint density at radius 2 is 1.96 bits per heavy atom. The zero-order valence-electron chi connectivity index (χ0n) is 14.3. The number of hydrogen-bond donors (Lipinski definition) is 1. The van der Waals surface area contributed by atoms with Crippen LogP contribution in [0.2, 0.25) is 0 Å². The predicted molar refractivity (Wildman–Crippen MR) is 99.2 cm³/mol. The van der Waals surface area contributed by atoms with Crippen LogP contribution in [0.15, 0.2) is 47.1 Å². The number of para-hydroxylation sites is 1. The molecule has 26 heavy (non-hydrogen) atoms. The molecule has 8 heteroatoms. The number of nitrogens with one attached hydrogen (secondary N) is 1. The molecule has 2 aromatic heterocycles. The number of aromatic nitrogens is 2. The van der Waals surface area contributed by atoms with Crippen LogP contribution >= 0.6 is 0 Å². The number of anilines is 1. The normalized spacial score (nSPS) is 15.0. The van der Waals surface area contributed by atoms with E-state index >= 15 is 0 Å². The van der Waals surface area contributed by atoms with Gasteiger partial charge in [0.05, 0.1) is 0 Å². The topological polar surface area (TPSA) is 88.3 Å². The summed E-state index contributed by atoms with van der Waals surface area (Å²) in [6.45, 7) is 2.23. The number of pyridine rings is 1. The third kappa shape index (κ3) is 3.71. The van der Waals surface area contributed by atoms with Gasteiger partial charge in [0.1, 0.15) is 17.3 Å². The molecule has 136 valence electrons. The first-order valence-electron chi connectivity index (χ1n) is 8.61. The van der Waals surface area contributed by atoms with Crippen molar-refractivity contribution in [2.75, 3.05) is 18.0 Å². The van der Waals surface area contributed by atoms with Crippen LogP contribution < -0.4 is 9.62 Å². The van der Waals surface area contributed by atoms with Crippen LogP contribution in [-0.2, 0) is 22.3 Å². The van der Waals surface area contributed by atoms with Gasteiger partial charge >= 0.3 is 0 Å². The van der Waals surface area contributed by atoms with Crippen molar-refractivity contribution < 1.29 is 12.9 Å². The van der Waals surface area contributed by atoms with Gasteiger partial charge in [-0.05, 0) is 42.7 Å². The zero-order valence-corrected chi connectivity index (χ0v) is 15.1. The lowest BCUT2D eigenvalue weighted by atomic mass is 10.2. The minimum absolute atomic E-state index is 0.214. The highest BCUT2D eigenvalue weighted by Gasteiger charge is 2.18. The predicted octanol–water partition coefficient (Wildman–Crippen LogP) is 2.44. The first kappa shape index (κ1) is 17.0. The molecule has 0 saturated carbocycles. The minimum atomic E-state index is -3.53. The smallest absolute Gasteiger partial charge is 0.217 e. The maximum absolute atomic E-state index is 12.4. The molecule has 7 nitrogen and oxygen atoms in total. The number of fused-ring (bicyclic) bond motifs is 1. The van der Waals surface area contributed by atoms with Gasteiger partial charge < -0.3 is 9.42 Å². The molecule has 1 N–H and O–H groups in total. The average Bonchev–Trinajstić information content (AvgIpc) is 3.31. The Morgan fingerprint density at radius 1 is 1.15 bits per heavy atom. The largest absolute Gasteiger partial charge is 0.357 e. The van der Waals surface area contributed by atoms with Crippen LogP contribution in [0.3, 0.4) is 0 Å². The third-order valence-corrected chi connectivity index (χ3v) is 5.75. The second kappa shape index (κ2) is 7.05. The fraction of sp³-hybridized carbons (Fsp3) is 0.333. The molecule has 0 spiro atoms. The number of hydrogen-bond acceptors (Lipinski definition) is 6. The lowest BCUT2D eigenvalue weighted by Gasteiger charge is -2.17. The number of nitrogens with zero attached hydrogens (tertiary/aromatic N) is 3. The number of sulfonamides is 1. The molecule has 3 aromatic rings. The Balaban J connectivity index is 1.44. The fourth-order valence-corrected chi connectivity index (χ4v) is 4.21. The van der Waals surface area contributed by atoms with E-state index in [2.05, 4.69) is 19.8 Å². The molecule has 0 amide bonds. The molecule has 0 aliphatic carbocycles. The van der Waals surface area contributed by atoms with E-state index < -0.39 is 10.0 Å². The van der Waals surface area contributed by atoms with Crippen LogP contribution in [0.25, 0.3) is 11.0 Å². The van der Waals surface area contributed by atoms with Crippen LogP contribution in [0.1, 0.15) is 24.1 Å². The SMILES string of the molecule is O=S(=O)(Cc1noc2ccccc12)NCc1ccnc(N2CCCC2)c1. The number of rotatable bonds is 6. The van der Waals surface area contributed by atoms with Crippen LogP contribution in [-0.4, -0.2) is 31.6 Å². The summed E-state index contributed by atoms with van der Waals surface area (Å²) in [7, 11) is -3.53. The van der Waals surface area contributed by atoms with E-state index in [9.17, 15) is 8.42 Å². The Hall–Kier alpha value is -2.45. The van der Waals surface area contributed by atoms with Gasteiger partial charge in [0.2, 0.25) is 10.0 Å². The van der Waals surface area contributed by atoms with Gasteiger partial charge in [-0.25, -0.2) is 18.1 Å². The molecule has 3 heterocycles. The summed E-state index contributed by atoms with van der Waals surface area (Å²) >= 11 is 0. The summed E-state index contributed by atoms with van der Waals surface area (Å²) in [6.07, 6.45) is 4.07. The molecule has 1 aliphatic heterocycles. The fourth-order valence-electron chi connectivity index (χ4n) is 3.16. The van der Waals surface area contributed by atoms with Crippen molar-refractivity contribution in [3.8, 4) is 0 Å². The van der Waals surface area contributed by atoms with Crippen molar-refractivity contribution in [3.63, 3.8) is 0 Å². The Labute approximate surface area is 152 Å². The van der Waals surface area contributed by atoms with E-state index in [0.29, 0.717) is 11.3 Å². The monoisotopic (exact) mass is 372 g/mol. The summed E-state index contributed by atoms with van der Waals surface area (Å²) < 4.78 is 32.7. The summed E-state index contributed by atoms with van der Waals surface area (Å²) in [5.74, 6) is 0.690. The molecular formula is C18H20N4O3S. The zero-order chi connectivity index (χ0) is 18.0. The third-order valence-electron chi connectivity index (χ3n) is 4.52. The molecular weight excluding hydrogens is 352 g/mol. The van der Waals surface area contributed by atoms with Crippen molar-refractivity contribution in [3.05, 3.63) is 53.9 Å². The van der Waals surface area contributed by atoms with Crippen LogP contribution in [0.5, 0.6) is 0 Å². The molecule has 1 saturated heterocycles. The first-order valence-corrected chi connectivity index (χ1v) is 10.3. The van der Waals surface area contributed by atoms with Gasteiger partial charge in [-0.3, -0.25) is 0 Å². The molecule has 1 aliphatic rings. The molecule has 0 atom stereocenters. The highest BCUT2D eigenvalue weighted by molar-refractivity contribution is 7.88. The first-order chi connectivity index (χ1) is 12.6. The molecule has 0 unspecified atom stereocenters. The molecule has 1 fully saturated rings. The van der Waals surface area contributed by atoms with Gasteiger partial charge in [0, 0.05) is 31.2 Å². The second-order valence-corrected chi connectivity index (χ2v) is 8.23. The second-order valence-electron chi connectivity index (χ2n) is 6.42. The molecule has 4 rings (SSSR count). The average molecular weight is 372 g/mol. The van der Waals surface area contributed by atoms with Gasteiger partial charge in [0.25, 0.3) is 0 Å². The highest BCUT2D eigenvalue weighted by Crippen LogP contribution is 2.20. The lowest BCUT2D eigenvalue weighted by Crippen LogP contribution is -2.25. The quantitative estimate of drug-likeness (QED) is 0.715. The van der Waals surface area contributed by atoms with Crippen molar-refractivity contribution >= 4 is 26.8 Å². The molecule has 0 bridgehead atoms. The van der Waals surface area contributed by atoms with Gasteiger partial charge in [0.15, 0.2) is 5.58 Å². The Kier molecular flexibility index (Phi) is 4.60. The van der Waals surface area contributed by atoms with Crippen LogP contribution in [0.4, 0.5) is 5.82 Å². The highest BCUT2D eigenvalue weighted by atomic mass is 32.2. The van der Waals surface area contributed by atoms with Crippen molar-refractivity contribution in [2.45, 2.75) is 25.1 Å². The summed E-state index contributed by atoms with van der Waals surface area (Å²) in [5, 5.41) is 4.61. The molecule has 0 radical (unpaired) electrons. The van der Waals surface area contributed by atoms with Crippen molar-refractivity contribution in [1.29, 1.82) is 0 Å². The summed E-state index contributed by atoms with van der Waals surface area (Å²) in [5.41, 5.74) is 1.89. The van der Waals surface area contributed by atoms with Crippen molar-refractivity contribution in [1.82, 2.24) is 14.9 Å². The lowest BCUT2D eigenvalue weighted by molar-refractivity contribution is 0.448. The molecule has 1 aromatic carbocycles. The number of benzene rings is 1. The van der Waals surface area contributed by atoms with Crippen molar-refractivity contribution in [2.24, 2.45) is 0 Å². The van der Waals surface area contributed by atoms with E-state index in [1.165, 1.54) is 12.8 Å². The van der Waals surface area contributed by atoms with E-state index in [-0.39, 0.29) is 12.3 Å².